The molecule has 138 valence electrons. The van der Waals surface area contributed by atoms with Crippen LogP contribution in [-0.4, -0.2) is 36.2 Å². The fourth-order valence-corrected chi connectivity index (χ4v) is 2.46. The monoisotopic (exact) mass is 420 g/mol. The summed E-state index contributed by atoms with van der Waals surface area (Å²) in [6, 6.07) is 13.5. The highest BCUT2D eigenvalue weighted by atomic mass is 79.9. The third-order valence-corrected chi connectivity index (χ3v) is 4.20. The van der Waals surface area contributed by atoms with Gasteiger partial charge in [-0.05, 0) is 42.8 Å². The Morgan fingerprint density at radius 1 is 1.15 bits per heavy atom. The first-order valence-corrected chi connectivity index (χ1v) is 9.01. The molecule has 1 unspecified atom stereocenters. The molecule has 6 nitrogen and oxygen atoms in total. The van der Waals surface area contributed by atoms with E-state index in [2.05, 4.69) is 26.6 Å². The number of amides is 2. The summed E-state index contributed by atoms with van der Waals surface area (Å²) in [5, 5.41) is 14.7. The van der Waals surface area contributed by atoms with E-state index in [-0.39, 0.29) is 31.1 Å². The minimum absolute atomic E-state index is 0.138. The van der Waals surface area contributed by atoms with Gasteiger partial charge >= 0.3 is 0 Å². The van der Waals surface area contributed by atoms with Crippen LogP contribution in [0, 0.1) is 0 Å². The highest BCUT2D eigenvalue weighted by molar-refractivity contribution is 9.10. The molecule has 3 N–H and O–H groups in total. The molecule has 2 amide bonds. The number of carbonyl (C=O) groups excluding carboxylic acids is 2. The lowest BCUT2D eigenvalue weighted by molar-refractivity contribution is -0.118. The van der Waals surface area contributed by atoms with Gasteiger partial charge in [0.05, 0.1) is 18.2 Å². The topological polar surface area (TPSA) is 87.7 Å². The Hall–Kier alpha value is -2.38. The molecule has 0 heterocycles. The number of hydrogen-bond acceptors (Lipinski definition) is 4. The highest BCUT2D eigenvalue weighted by Gasteiger charge is 2.16. The summed E-state index contributed by atoms with van der Waals surface area (Å²) in [5.74, 6) is -0.372. The smallest absolute Gasteiger partial charge is 0.262 e. The second kappa shape index (κ2) is 9.94. The van der Waals surface area contributed by atoms with Gasteiger partial charge in [0.15, 0.2) is 6.61 Å². The highest BCUT2D eigenvalue weighted by Crippen LogP contribution is 2.19. The number of rotatable bonds is 8. The van der Waals surface area contributed by atoms with E-state index >= 15 is 0 Å². The lowest BCUT2D eigenvalue weighted by Gasteiger charge is -2.16. The Labute approximate surface area is 160 Å². The van der Waals surface area contributed by atoms with Gasteiger partial charge in [0.25, 0.3) is 11.8 Å². The molecule has 0 radical (unpaired) electrons. The lowest BCUT2D eigenvalue weighted by Crippen LogP contribution is -2.37. The number of ether oxygens (including phenoxy) is 1. The number of anilines is 1. The maximum Gasteiger partial charge on any atom is 0.262 e. The molecule has 0 aliphatic rings. The van der Waals surface area contributed by atoms with E-state index in [1.807, 2.05) is 19.1 Å². The molecule has 2 rings (SSSR count). The number of carbonyl (C=O) groups is 2. The van der Waals surface area contributed by atoms with Crippen molar-refractivity contribution in [1.82, 2.24) is 5.32 Å². The average Bonchev–Trinajstić information content (AvgIpc) is 2.66. The van der Waals surface area contributed by atoms with Crippen molar-refractivity contribution in [3.63, 3.8) is 0 Å². The van der Waals surface area contributed by atoms with Gasteiger partial charge in [0, 0.05) is 10.2 Å². The number of aliphatic hydroxyl groups excluding tert-OH is 1. The molecule has 7 heteroatoms. The molecule has 0 fully saturated rings. The molecule has 0 saturated heterocycles. The maximum absolute atomic E-state index is 12.4. The zero-order valence-corrected chi connectivity index (χ0v) is 16.0. The predicted molar refractivity (Wildman–Crippen MR) is 103 cm³/mol. The summed E-state index contributed by atoms with van der Waals surface area (Å²) in [6.45, 7) is 1.51. The zero-order valence-electron chi connectivity index (χ0n) is 14.4. The summed E-state index contributed by atoms with van der Waals surface area (Å²) < 4.78 is 6.44. The third kappa shape index (κ3) is 5.86. The van der Waals surface area contributed by atoms with Crippen molar-refractivity contribution in [1.29, 1.82) is 0 Å². The van der Waals surface area contributed by atoms with Crippen LogP contribution in [0.5, 0.6) is 5.75 Å². The molecule has 0 aliphatic heterocycles. The first-order chi connectivity index (χ1) is 12.5. The fourth-order valence-electron chi connectivity index (χ4n) is 2.19. The summed E-state index contributed by atoms with van der Waals surface area (Å²) in [6.07, 6.45) is 0.612. The van der Waals surface area contributed by atoms with E-state index in [0.29, 0.717) is 23.4 Å². The van der Waals surface area contributed by atoms with E-state index in [9.17, 15) is 14.7 Å². The van der Waals surface area contributed by atoms with Crippen molar-refractivity contribution in [2.75, 3.05) is 18.5 Å². The van der Waals surface area contributed by atoms with Crippen LogP contribution in [0.1, 0.15) is 23.7 Å². The first-order valence-electron chi connectivity index (χ1n) is 8.22. The predicted octanol–water partition coefficient (Wildman–Crippen LogP) is 2.97. The second-order valence-electron chi connectivity index (χ2n) is 5.60. The van der Waals surface area contributed by atoms with Crippen molar-refractivity contribution in [3.8, 4) is 5.75 Å². The van der Waals surface area contributed by atoms with E-state index in [1.54, 1.807) is 36.4 Å². The van der Waals surface area contributed by atoms with Crippen LogP contribution < -0.4 is 15.4 Å². The Morgan fingerprint density at radius 2 is 1.85 bits per heavy atom. The normalized spacial score (nSPS) is 11.5. The summed E-state index contributed by atoms with van der Waals surface area (Å²) in [4.78, 5) is 24.4. The fraction of sp³-hybridized carbons (Fsp3) is 0.263. The molecule has 0 spiro atoms. The summed E-state index contributed by atoms with van der Waals surface area (Å²) in [5.41, 5.74) is 0.970. The minimum Gasteiger partial charge on any atom is -0.483 e. The van der Waals surface area contributed by atoms with E-state index in [0.717, 1.165) is 4.47 Å². The number of hydrogen-bond donors (Lipinski definition) is 3. The maximum atomic E-state index is 12.4. The van der Waals surface area contributed by atoms with Crippen LogP contribution in [0.2, 0.25) is 0 Å². The number of aliphatic hydroxyl groups is 1. The first kappa shape index (κ1) is 19.9. The molecular formula is C19H21BrN2O4. The van der Waals surface area contributed by atoms with Crippen LogP contribution in [0.15, 0.2) is 53.0 Å². The van der Waals surface area contributed by atoms with E-state index in [4.69, 9.17) is 4.74 Å². The number of nitrogens with one attached hydrogen (secondary N) is 2. The van der Waals surface area contributed by atoms with Crippen LogP contribution in [-0.2, 0) is 4.79 Å². The van der Waals surface area contributed by atoms with Gasteiger partial charge in [0.2, 0.25) is 0 Å². The Balaban J connectivity index is 1.97. The molecule has 0 aliphatic carbocycles. The lowest BCUT2D eigenvalue weighted by atomic mass is 10.1. The summed E-state index contributed by atoms with van der Waals surface area (Å²) in [7, 11) is 0. The quantitative estimate of drug-likeness (QED) is 0.612. The van der Waals surface area contributed by atoms with Crippen LogP contribution >= 0.6 is 15.9 Å². The van der Waals surface area contributed by atoms with Gasteiger partial charge in [-0.2, -0.15) is 0 Å². The van der Waals surface area contributed by atoms with Crippen molar-refractivity contribution in [3.05, 3.63) is 58.6 Å². The Bertz CT molecular complexity index is 745. The molecule has 0 bridgehead atoms. The molecule has 26 heavy (non-hydrogen) atoms. The van der Waals surface area contributed by atoms with Crippen LogP contribution in [0.3, 0.4) is 0 Å². The zero-order chi connectivity index (χ0) is 18.9. The van der Waals surface area contributed by atoms with Gasteiger partial charge in [-0.25, -0.2) is 0 Å². The Morgan fingerprint density at radius 3 is 2.50 bits per heavy atom. The van der Waals surface area contributed by atoms with Gasteiger partial charge < -0.3 is 20.5 Å². The van der Waals surface area contributed by atoms with E-state index in [1.165, 1.54) is 0 Å². The van der Waals surface area contributed by atoms with Crippen LogP contribution in [0.4, 0.5) is 5.69 Å². The van der Waals surface area contributed by atoms with E-state index < -0.39 is 0 Å². The van der Waals surface area contributed by atoms with Crippen molar-refractivity contribution in [2.24, 2.45) is 0 Å². The minimum atomic E-state index is -0.352. The number of halogens is 1. The largest absolute Gasteiger partial charge is 0.483 e. The number of para-hydroxylation sites is 1. The molecule has 0 saturated carbocycles. The van der Waals surface area contributed by atoms with Gasteiger partial charge in [0.1, 0.15) is 5.75 Å². The molecule has 1 atom stereocenters. The van der Waals surface area contributed by atoms with Crippen molar-refractivity contribution >= 4 is 33.4 Å². The molecule has 0 aromatic heterocycles. The second-order valence-corrected chi connectivity index (χ2v) is 6.52. The summed E-state index contributed by atoms with van der Waals surface area (Å²) >= 11 is 3.33. The van der Waals surface area contributed by atoms with Gasteiger partial charge in [-0.3, -0.25) is 9.59 Å². The molecule has 2 aromatic carbocycles. The van der Waals surface area contributed by atoms with Crippen molar-refractivity contribution in [2.45, 2.75) is 19.4 Å². The average molecular weight is 421 g/mol. The third-order valence-electron chi connectivity index (χ3n) is 3.67. The molecular weight excluding hydrogens is 400 g/mol. The van der Waals surface area contributed by atoms with Gasteiger partial charge in [-0.1, -0.05) is 35.0 Å². The van der Waals surface area contributed by atoms with Gasteiger partial charge in [-0.15, -0.1) is 0 Å². The number of benzene rings is 2. The van der Waals surface area contributed by atoms with Crippen LogP contribution in [0.25, 0.3) is 0 Å². The molecule has 2 aromatic rings. The standard InChI is InChI=1S/C19H21BrN2O4/c1-2-14(11-23)22-19(25)16-5-3-4-6-17(16)26-12-18(24)21-15-9-7-13(20)8-10-15/h3-10,14,23H,2,11-12H2,1H3,(H,21,24)(H,22,25). The SMILES string of the molecule is CCC(CO)NC(=O)c1ccccc1OCC(=O)Nc1ccc(Br)cc1. The van der Waals surface area contributed by atoms with Crippen molar-refractivity contribution < 1.29 is 19.4 Å². The Kier molecular flexibility index (Phi) is 7.62.